The highest BCUT2D eigenvalue weighted by Gasteiger charge is 1.81. The van der Waals surface area contributed by atoms with E-state index in [0.717, 1.165) is 13.2 Å². The molecule has 0 amide bonds. The van der Waals surface area contributed by atoms with Crippen LogP contribution in [0.1, 0.15) is 0 Å². The summed E-state index contributed by atoms with van der Waals surface area (Å²) in [6.45, 7) is 1.68. The Labute approximate surface area is 59.2 Å². The number of nitrogens with one attached hydrogen (secondary N) is 1. The van der Waals surface area contributed by atoms with Gasteiger partial charge < -0.3 is 10.1 Å². The van der Waals surface area contributed by atoms with Gasteiger partial charge >= 0.3 is 0 Å². The SMILES string of the molecule is CNCCOCSS. The summed E-state index contributed by atoms with van der Waals surface area (Å²) in [6.07, 6.45) is 0. The largest absolute Gasteiger partial charge is 0.369 e. The number of thiol groups is 1. The van der Waals surface area contributed by atoms with Gasteiger partial charge in [-0.05, 0) is 7.05 Å². The molecule has 4 heteroatoms. The van der Waals surface area contributed by atoms with E-state index in [1.807, 2.05) is 7.05 Å². The Balaban J connectivity index is 2.53. The molecule has 0 atom stereocenters. The Hall–Kier alpha value is 0.620. The maximum atomic E-state index is 5.05. The molecule has 0 radical (unpaired) electrons. The lowest BCUT2D eigenvalue weighted by molar-refractivity contribution is 0.187. The number of rotatable bonds is 5. The first kappa shape index (κ1) is 8.62. The fraction of sp³-hybridized carbons (Fsp3) is 1.00. The van der Waals surface area contributed by atoms with Crippen LogP contribution in [0.25, 0.3) is 0 Å². The van der Waals surface area contributed by atoms with Gasteiger partial charge in [-0.2, -0.15) is 0 Å². The molecule has 0 heterocycles. The summed E-state index contributed by atoms with van der Waals surface area (Å²) in [5.41, 5.74) is 0. The van der Waals surface area contributed by atoms with Crippen LogP contribution in [0, 0.1) is 0 Å². The van der Waals surface area contributed by atoms with Crippen molar-refractivity contribution in [1.29, 1.82) is 0 Å². The average molecular weight is 153 g/mol. The minimum Gasteiger partial charge on any atom is -0.369 e. The predicted octanol–water partition coefficient (Wildman–Crippen LogP) is 0.758. The van der Waals surface area contributed by atoms with Crippen molar-refractivity contribution in [3.63, 3.8) is 0 Å². The molecular weight excluding hydrogens is 142 g/mol. The first-order valence-electron chi connectivity index (χ1n) is 2.40. The van der Waals surface area contributed by atoms with Crippen LogP contribution in [0.3, 0.4) is 0 Å². The van der Waals surface area contributed by atoms with Crippen LogP contribution in [0.4, 0.5) is 0 Å². The Morgan fingerprint density at radius 3 is 3.00 bits per heavy atom. The summed E-state index contributed by atoms with van der Waals surface area (Å²) in [5.74, 6) is 0.671. The van der Waals surface area contributed by atoms with Gasteiger partial charge in [0.1, 0.15) is 5.94 Å². The first-order valence-corrected chi connectivity index (χ1v) is 4.44. The molecule has 0 aliphatic rings. The molecule has 0 rings (SSSR count). The fourth-order valence-corrected chi connectivity index (χ4v) is 0.686. The van der Waals surface area contributed by atoms with E-state index in [2.05, 4.69) is 17.0 Å². The molecule has 0 aromatic rings. The second-order valence-corrected chi connectivity index (χ2v) is 2.53. The first-order chi connectivity index (χ1) is 3.91. The van der Waals surface area contributed by atoms with Crippen LogP contribution in [-0.4, -0.2) is 26.1 Å². The van der Waals surface area contributed by atoms with Gasteiger partial charge in [-0.25, -0.2) is 0 Å². The molecule has 0 aromatic carbocycles. The normalized spacial score (nSPS) is 9.75. The minimum absolute atomic E-state index is 0.671. The molecule has 0 bridgehead atoms. The third-order valence-electron chi connectivity index (χ3n) is 0.632. The molecule has 0 unspecified atom stereocenters. The molecule has 1 N–H and O–H groups in total. The molecule has 0 saturated carbocycles. The predicted molar refractivity (Wildman–Crippen MR) is 41.3 cm³/mol. The van der Waals surface area contributed by atoms with Gasteiger partial charge in [-0.3, -0.25) is 0 Å². The van der Waals surface area contributed by atoms with E-state index in [0.29, 0.717) is 5.94 Å². The lowest BCUT2D eigenvalue weighted by atomic mass is 10.7. The second kappa shape index (κ2) is 7.62. The molecule has 0 aliphatic carbocycles. The van der Waals surface area contributed by atoms with Crippen molar-refractivity contribution < 1.29 is 4.74 Å². The number of likely N-dealkylation sites (N-methyl/N-ethyl adjacent to an activating group) is 1. The minimum atomic E-state index is 0.671. The Morgan fingerprint density at radius 2 is 2.50 bits per heavy atom. The van der Waals surface area contributed by atoms with Crippen molar-refractivity contribution in [3.8, 4) is 0 Å². The van der Waals surface area contributed by atoms with Crippen LogP contribution in [0.15, 0.2) is 0 Å². The van der Waals surface area contributed by atoms with Crippen molar-refractivity contribution in [2.24, 2.45) is 0 Å². The van der Waals surface area contributed by atoms with E-state index in [-0.39, 0.29) is 0 Å². The summed E-state index contributed by atoms with van der Waals surface area (Å²) >= 11 is 3.89. The summed E-state index contributed by atoms with van der Waals surface area (Å²) < 4.78 is 5.05. The van der Waals surface area contributed by atoms with Crippen LogP contribution in [-0.2, 0) is 4.74 Å². The smallest absolute Gasteiger partial charge is 0.102 e. The number of hydrogen-bond acceptors (Lipinski definition) is 4. The number of hydrogen-bond donors (Lipinski definition) is 2. The lowest BCUT2D eigenvalue weighted by Gasteiger charge is -1.98. The van der Waals surface area contributed by atoms with E-state index in [1.165, 1.54) is 10.8 Å². The highest BCUT2D eigenvalue weighted by atomic mass is 33.1. The Bertz CT molecular complexity index is 39.0. The van der Waals surface area contributed by atoms with E-state index >= 15 is 0 Å². The summed E-state index contributed by atoms with van der Waals surface area (Å²) in [7, 11) is 3.30. The molecule has 0 aliphatic heterocycles. The fourth-order valence-electron chi connectivity index (χ4n) is 0.270. The van der Waals surface area contributed by atoms with Gasteiger partial charge in [0, 0.05) is 6.54 Å². The highest BCUT2D eigenvalue weighted by Crippen LogP contribution is 2.02. The summed E-state index contributed by atoms with van der Waals surface area (Å²) in [4.78, 5) is 0. The third kappa shape index (κ3) is 6.62. The monoisotopic (exact) mass is 153 g/mol. The topological polar surface area (TPSA) is 21.3 Å². The second-order valence-electron chi connectivity index (χ2n) is 1.26. The summed E-state index contributed by atoms with van der Waals surface area (Å²) in [6, 6.07) is 0. The quantitative estimate of drug-likeness (QED) is 0.263. The molecule has 8 heavy (non-hydrogen) atoms. The third-order valence-corrected chi connectivity index (χ3v) is 1.22. The van der Waals surface area contributed by atoms with Gasteiger partial charge in [0.05, 0.1) is 6.61 Å². The van der Waals surface area contributed by atoms with Crippen molar-refractivity contribution in [1.82, 2.24) is 5.32 Å². The molecule has 0 spiro atoms. The van der Waals surface area contributed by atoms with Gasteiger partial charge in [-0.1, -0.05) is 10.8 Å². The standard InChI is InChI=1S/C4H11NOS2/c1-5-2-3-6-4-8-7/h5,7H,2-4H2,1H3. The van der Waals surface area contributed by atoms with E-state index in [9.17, 15) is 0 Å². The van der Waals surface area contributed by atoms with Gasteiger partial charge in [0.25, 0.3) is 0 Å². The molecule has 50 valence electrons. The van der Waals surface area contributed by atoms with Crippen LogP contribution in [0.5, 0.6) is 0 Å². The molecule has 2 nitrogen and oxygen atoms in total. The Morgan fingerprint density at radius 1 is 1.75 bits per heavy atom. The molecule has 0 aromatic heterocycles. The maximum Gasteiger partial charge on any atom is 0.102 e. The highest BCUT2D eigenvalue weighted by molar-refractivity contribution is 8.68. The van der Waals surface area contributed by atoms with Gasteiger partial charge in [0.2, 0.25) is 0 Å². The lowest BCUT2D eigenvalue weighted by Crippen LogP contribution is -2.13. The van der Waals surface area contributed by atoms with E-state index in [4.69, 9.17) is 4.74 Å². The zero-order chi connectivity index (χ0) is 6.24. The van der Waals surface area contributed by atoms with Crippen LogP contribution < -0.4 is 5.32 Å². The van der Waals surface area contributed by atoms with Crippen LogP contribution >= 0.6 is 22.5 Å². The van der Waals surface area contributed by atoms with Crippen molar-refractivity contribution in [3.05, 3.63) is 0 Å². The van der Waals surface area contributed by atoms with Crippen LogP contribution in [0.2, 0.25) is 0 Å². The Kier molecular flexibility index (Phi) is 8.21. The zero-order valence-corrected chi connectivity index (χ0v) is 6.60. The van der Waals surface area contributed by atoms with Crippen molar-refractivity contribution in [2.75, 3.05) is 26.1 Å². The van der Waals surface area contributed by atoms with Gasteiger partial charge in [0.15, 0.2) is 0 Å². The van der Waals surface area contributed by atoms with E-state index in [1.54, 1.807) is 0 Å². The van der Waals surface area contributed by atoms with Gasteiger partial charge in [-0.15, -0.1) is 11.7 Å². The average Bonchev–Trinajstić information content (AvgIpc) is 1.81. The molecule has 0 fully saturated rings. The van der Waals surface area contributed by atoms with Crippen molar-refractivity contribution in [2.45, 2.75) is 0 Å². The molecule has 0 saturated heterocycles. The van der Waals surface area contributed by atoms with E-state index < -0.39 is 0 Å². The maximum absolute atomic E-state index is 5.05. The molecular formula is C4H11NOS2. The zero-order valence-electron chi connectivity index (χ0n) is 4.89. The van der Waals surface area contributed by atoms with Crippen molar-refractivity contribution >= 4 is 22.5 Å². The summed E-state index contributed by atoms with van der Waals surface area (Å²) in [5, 5.41) is 2.97. The number of ether oxygens (including phenoxy) is 1.